The first-order valence-electron chi connectivity index (χ1n) is 10.7. The number of fused-ring (bicyclic) bond motifs is 12. The Morgan fingerprint density at radius 1 is 0.429 bits per heavy atom. The van der Waals surface area contributed by atoms with Gasteiger partial charge in [0.05, 0.1) is 0 Å². The number of rotatable bonds is 0. The number of benzene rings is 3. The molecule has 0 aromatic heterocycles. The van der Waals surface area contributed by atoms with Gasteiger partial charge in [0.25, 0.3) is 0 Å². The first kappa shape index (κ1) is 18.9. The summed E-state index contributed by atoms with van der Waals surface area (Å²) in [5.41, 5.74) is 2.77. The molecule has 0 spiro atoms. The molecule has 2 aliphatic rings. The van der Waals surface area contributed by atoms with Crippen molar-refractivity contribution in [1.82, 2.24) is 0 Å². The van der Waals surface area contributed by atoms with Gasteiger partial charge in [-0.15, -0.1) is 0 Å². The molecule has 0 heterocycles. The molecule has 3 aromatic rings. The zero-order chi connectivity index (χ0) is 19.3. The van der Waals surface area contributed by atoms with E-state index in [0.29, 0.717) is 12.8 Å². The maximum Gasteiger partial charge on any atom is 0.198 e. The van der Waals surface area contributed by atoms with Crippen LogP contribution in [-0.2, 0) is 22.4 Å². The van der Waals surface area contributed by atoms with Crippen molar-refractivity contribution in [3.63, 3.8) is 0 Å². The van der Waals surface area contributed by atoms with Crippen LogP contribution in [0.4, 0.5) is 0 Å². The lowest BCUT2D eigenvalue weighted by atomic mass is 9.92. The van der Waals surface area contributed by atoms with Crippen LogP contribution < -0.4 is 0 Å². The molecule has 3 aromatic carbocycles. The van der Waals surface area contributed by atoms with Crippen LogP contribution in [0.15, 0.2) is 48.5 Å². The van der Waals surface area contributed by atoms with Gasteiger partial charge in [0.15, 0.2) is 11.6 Å². The lowest BCUT2D eigenvalue weighted by Crippen LogP contribution is -2.13. The average molecular weight is 373 g/mol. The topological polar surface area (TPSA) is 34.1 Å². The molecule has 0 saturated carbocycles. The summed E-state index contributed by atoms with van der Waals surface area (Å²) >= 11 is 0. The number of carbonyl (C=O) groups is 2. The highest BCUT2D eigenvalue weighted by atomic mass is 16.2. The van der Waals surface area contributed by atoms with Crippen LogP contribution in [0.1, 0.15) is 62.5 Å². The summed E-state index contributed by atoms with van der Waals surface area (Å²) in [5, 5.41) is 5.39. The Morgan fingerprint density at radius 3 is 1.32 bits per heavy atom. The molecule has 2 aliphatic carbocycles. The van der Waals surface area contributed by atoms with Crippen LogP contribution in [0.5, 0.6) is 0 Å². The van der Waals surface area contributed by atoms with Crippen molar-refractivity contribution in [2.24, 2.45) is 0 Å². The van der Waals surface area contributed by atoms with E-state index in [0.717, 1.165) is 51.4 Å². The first-order valence-corrected chi connectivity index (χ1v) is 10.7. The minimum absolute atomic E-state index is 0.164. The lowest BCUT2D eigenvalue weighted by molar-refractivity contribution is -0.136. The van der Waals surface area contributed by atoms with Gasteiger partial charge in [0, 0.05) is 12.8 Å². The minimum atomic E-state index is -0.164. The second-order valence-corrected chi connectivity index (χ2v) is 8.06. The zero-order valence-electron chi connectivity index (χ0n) is 16.5. The zero-order valence-corrected chi connectivity index (χ0v) is 16.5. The average Bonchev–Trinajstić information content (AvgIpc) is 2.72. The molecule has 0 amide bonds. The van der Waals surface area contributed by atoms with Crippen LogP contribution in [0.2, 0.25) is 0 Å². The van der Waals surface area contributed by atoms with Gasteiger partial charge in [-0.25, -0.2) is 0 Å². The van der Waals surface area contributed by atoms with Crippen LogP contribution in [0.3, 0.4) is 0 Å². The van der Waals surface area contributed by atoms with Crippen LogP contribution in [0.25, 0.3) is 21.5 Å². The van der Waals surface area contributed by atoms with E-state index >= 15 is 0 Å². The Kier molecular flexibility index (Phi) is 5.85. The van der Waals surface area contributed by atoms with Crippen molar-refractivity contribution >= 4 is 33.1 Å². The summed E-state index contributed by atoms with van der Waals surface area (Å²) in [5.74, 6) is -0.328. The predicted octanol–water partition coefficient (Wildman–Crippen LogP) is 6.35. The Balaban J connectivity index is 1.68. The SMILES string of the molecule is O=C1CCCCCc2cccc3c2ccc2c(cccc23)CCCCCC1=O. The fraction of sp³-hybridized carbons (Fsp3) is 0.385. The smallest absolute Gasteiger partial charge is 0.198 e. The summed E-state index contributed by atoms with van der Waals surface area (Å²) in [6.07, 6.45) is 8.61. The standard InChI is InChI=1S/C26H28O2/c27-25-15-5-1-3-9-19-11-7-13-23-21(19)17-18-22-20(12-8-14-24(22)23)10-4-2-6-16-26(25)28/h7-8,11-14,17-18H,1-6,9-10,15-16H2. The van der Waals surface area contributed by atoms with E-state index in [1.54, 1.807) is 0 Å². The molecule has 5 rings (SSSR count). The molecule has 2 heteroatoms. The first-order chi connectivity index (χ1) is 13.7. The summed E-state index contributed by atoms with van der Waals surface area (Å²) in [6.45, 7) is 0. The largest absolute Gasteiger partial charge is 0.291 e. The third-order valence-electron chi connectivity index (χ3n) is 6.11. The molecule has 0 saturated heterocycles. The van der Waals surface area contributed by atoms with Gasteiger partial charge in [-0.3, -0.25) is 9.59 Å². The number of aryl methyl sites for hydroxylation is 2. The predicted molar refractivity (Wildman–Crippen MR) is 116 cm³/mol. The van der Waals surface area contributed by atoms with Crippen molar-refractivity contribution in [1.29, 1.82) is 0 Å². The molecule has 6 bridgehead atoms. The number of hydrogen-bond acceptors (Lipinski definition) is 2. The number of Topliss-reactive ketones (excluding diaryl/α,β-unsaturated/α-hetero) is 2. The highest BCUT2D eigenvalue weighted by Crippen LogP contribution is 2.31. The molecule has 2 nitrogen and oxygen atoms in total. The Labute approximate surface area is 166 Å². The van der Waals surface area contributed by atoms with E-state index in [-0.39, 0.29) is 11.6 Å². The number of carbonyl (C=O) groups excluding carboxylic acids is 2. The van der Waals surface area contributed by atoms with Crippen LogP contribution in [0, 0.1) is 0 Å². The molecule has 0 radical (unpaired) electrons. The third kappa shape index (κ3) is 4.01. The van der Waals surface area contributed by atoms with Gasteiger partial charge < -0.3 is 0 Å². The van der Waals surface area contributed by atoms with E-state index in [4.69, 9.17) is 0 Å². The van der Waals surface area contributed by atoms with E-state index in [1.165, 1.54) is 32.7 Å². The van der Waals surface area contributed by atoms with E-state index in [2.05, 4.69) is 48.5 Å². The molecule has 28 heavy (non-hydrogen) atoms. The number of hydrogen-bond donors (Lipinski definition) is 0. The monoisotopic (exact) mass is 372 g/mol. The number of ketones is 2. The summed E-state index contributed by atoms with van der Waals surface area (Å²) < 4.78 is 0. The summed E-state index contributed by atoms with van der Waals surface area (Å²) in [6, 6.07) is 17.9. The molecule has 0 unspecified atom stereocenters. The van der Waals surface area contributed by atoms with E-state index in [1.807, 2.05) is 0 Å². The Morgan fingerprint density at radius 2 is 0.857 bits per heavy atom. The van der Waals surface area contributed by atoms with E-state index in [9.17, 15) is 9.59 Å². The van der Waals surface area contributed by atoms with Crippen molar-refractivity contribution in [2.45, 2.75) is 64.2 Å². The summed E-state index contributed by atoms with van der Waals surface area (Å²) in [4.78, 5) is 24.0. The Hall–Kier alpha value is -2.48. The van der Waals surface area contributed by atoms with Gasteiger partial charge in [-0.05, 0) is 71.2 Å². The fourth-order valence-electron chi connectivity index (χ4n) is 4.53. The Bertz CT molecular complexity index is 933. The van der Waals surface area contributed by atoms with Gasteiger partial charge in [0.2, 0.25) is 0 Å². The minimum Gasteiger partial charge on any atom is -0.291 e. The highest BCUT2D eigenvalue weighted by Gasteiger charge is 2.13. The molecule has 144 valence electrons. The van der Waals surface area contributed by atoms with Crippen LogP contribution >= 0.6 is 0 Å². The summed E-state index contributed by atoms with van der Waals surface area (Å²) in [7, 11) is 0. The maximum absolute atomic E-state index is 12.0. The quantitative estimate of drug-likeness (QED) is 0.340. The van der Waals surface area contributed by atoms with Gasteiger partial charge in [0.1, 0.15) is 0 Å². The molecule has 0 fully saturated rings. The molecule has 0 aliphatic heterocycles. The highest BCUT2D eigenvalue weighted by molar-refractivity contribution is 6.37. The molecular weight excluding hydrogens is 344 g/mol. The van der Waals surface area contributed by atoms with Crippen molar-refractivity contribution in [2.75, 3.05) is 0 Å². The molecule has 0 atom stereocenters. The van der Waals surface area contributed by atoms with E-state index < -0.39 is 0 Å². The third-order valence-corrected chi connectivity index (χ3v) is 6.11. The maximum atomic E-state index is 12.0. The molecule has 0 N–H and O–H groups in total. The lowest BCUT2D eigenvalue weighted by Gasteiger charge is -2.12. The van der Waals surface area contributed by atoms with Crippen molar-refractivity contribution < 1.29 is 9.59 Å². The van der Waals surface area contributed by atoms with Gasteiger partial charge in [-0.2, -0.15) is 0 Å². The van der Waals surface area contributed by atoms with Gasteiger partial charge in [-0.1, -0.05) is 61.4 Å². The van der Waals surface area contributed by atoms with Crippen molar-refractivity contribution in [3.05, 3.63) is 59.7 Å². The van der Waals surface area contributed by atoms with Gasteiger partial charge >= 0.3 is 0 Å². The molecular formula is C26H28O2. The van der Waals surface area contributed by atoms with Crippen LogP contribution in [-0.4, -0.2) is 11.6 Å². The normalized spacial score (nSPS) is 17.4. The van der Waals surface area contributed by atoms with Crippen molar-refractivity contribution in [3.8, 4) is 0 Å². The second kappa shape index (κ2) is 8.68. The second-order valence-electron chi connectivity index (χ2n) is 8.06. The fourth-order valence-corrected chi connectivity index (χ4v) is 4.53.